The zero-order valence-corrected chi connectivity index (χ0v) is 13.1. The maximum Gasteiger partial charge on any atom is 0.123 e. The highest BCUT2D eigenvalue weighted by atomic mass is 79.9. The van der Waals surface area contributed by atoms with E-state index in [0.29, 0.717) is 17.9 Å². The molecule has 2 rings (SSSR count). The van der Waals surface area contributed by atoms with E-state index in [4.69, 9.17) is 17.4 Å². The third kappa shape index (κ3) is 4.03. The van der Waals surface area contributed by atoms with Crippen LogP contribution >= 0.6 is 27.5 Å². The average Bonchev–Trinajstić information content (AvgIpc) is 2.44. The van der Waals surface area contributed by atoms with Gasteiger partial charge in [0.2, 0.25) is 0 Å². The first-order valence-corrected chi connectivity index (χ1v) is 7.40. The summed E-state index contributed by atoms with van der Waals surface area (Å²) in [5, 5.41) is 0.714. The van der Waals surface area contributed by atoms with Crippen molar-refractivity contribution >= 4 is 27.5 Å². The second-order valence-corrected chi connectivity index (χ2v) is 5.86. The number of halogens is 3. The molecule has 3 N–H and O–H groups in total. The molecule has 0 saturated carbocycles. The topological polar surface area (TPSA) is 38.0 Å². The van der Waals surface area contributed by atoms with Gasteiger partial charge >= 0.3 is 0 Å². The van der Waals surface area contributed by atoms with Gasteiger partial charge in [-0.3, -0.25) is 11.3 Å². The molecule has 0 saturated heterocycles. The molecule has 1 atom stereocenters. The Kier molecular flexibility index (Phi) is 5.54. The van der Waals surface area contributed by atoms with Crippen molar-refractivity contribution in [1.82, 2.24) is 5.43 Å². The van der Waals surface area contributed by atoms with Crippen molar-refractivity contribution in [3.05, 3.63) is 68.9 Å². The summed E-state index contributed by atoms with van der Waals surface area (Å²) < 4.78 is 14.2. The van der Waals surface area contributed by atoms with Crippen molar-refractivity contribution < 1.29 is 4.39 Å². The lowest BCUT2D eigenvalue weighted by Crippen LogP contribution is -2.38. The minimum atomic E-state index is -0.253. The van der Waals surface area contributed by atoms with Crippen molar-refractivity contribution in [2.24, 2.45) is 5.84 Å². The van der Waals surface area contributed by atoms with Crippen LogP contribution in [0, 0.1) is 5.82 Å². The summed E-state index contributed by atoms with van der Waals surface area (Å²) in [5.41, 5.74) is 4.66. The van der Waals surface area contributed by atoms with Crippen LogP contribution in [-0.4, -0.2) is 6.04 Å². The molecule has 1 unspecified atom stereocenters. The maximum atomic E-state index is 13.3. The number of nitrogens with one attached hydrogen (secondary N) is 1. The summed E-state index contributed by atoms with van der Waals surface area (Å²) in [6.45, 7) is 0. The van der Waals surface area contributed by atoms with Crippen LogP contribution < -0.4 is 11.3 Å². The molecule has 0 aliphatic heterocycles. The Hall–Kier alpha value is -0.940. The molecule has 0 aromatic heterocycles. The van der Waals surface area contributed by atoms with E-state index in [2.05, 4.69) is 21.4 Å². The Morgan fingerprint density at radius 2 is 1.85 bits per heavy atom. The Labute approximate surface area is 131 Å². The van der Waals surface area contributed by atoms with Gasteiger partial charge in [-0.2, -0.15) is 0 Å². The summed E-state index contributed by atoms with van der Waals surface area (Å²) in [5.74, 6) is 5.35. The van der Waals surface area contributed by atoms with Crippen LogP contribution in [0.2, 0.25) is 5.02 Å². The molecule has 0 bridgehead atoms. The predicted molar refractivity (Wildman–Crippen MR) is 84.1 cm³/mol. The lowest BCUT2D eigenvalue weighted by molar-refractivity contribution is 0.519. The molecule has 2 aromatic rings. The van der Waals surface area contributed by atoms with E-state index in [1.54, 1.807) is 6.07 Å². The molecule has 20 heavy (non-hydrogen) atoms. The van der Waals surface area contributed by atoms with Crippen LogP contribution in [0.25, 0.3) is 0 Å². The molecule has 2 aromatic carbocycles. The third-order valence-corrected chi connectivity index (χ3v) is 4.28. The fourth-order valence-electron chi connectivity index (χ4n) is 2.08. The van der Waals surface area contributed by atoms with Crippen LogP contribution in [-0.2, 0) is 12.8 Å². The number of nitrogens with two attached hydrogens (primary N) is 1. The van der Waals surface area contributed by atoms with Crippen molar-refractivity contribution in [2.75, 3.05) is 0 Å². The van der Waals surface area contributed by atoms with Gasteiger partial charge in [-0.15, -0.1) is 0 Å². The smallest absolute Gasteiger partial charge is 0.123 e. The van der Waals surface area contributed by atoms with Crippen LogP contribution in [0.3, 0.4) is 0 Å². The number of rotatable bonds is 5. The van der Waals surface area contributed by atoms with E-state index in [1.807, 2.05) is 24.3 Å². The van der Waals surface area contributed by atoms with Crippen LogP contribution in [0.4, 0.5) is 4.39 Å². The van der Waals surface area contributed by atoms with Crippen LogP contribution in [0.1, 0.15) is 11.1 Å². The van der Waals surface area contributed by atoms with Gasteiger partial charge in [0.15, 0.2) is 0 Å². The molecule has 2 nitrogen and oxygen atoms in total. The third-order valence-electron chi connectivity index (χ3n) is 3.13. The van der Waals surface area contributed by atoms with Gasteiger partial charge in [0, 0.05) is 15.5 Å². The van der Waals surface area contributed by atoms with Crippen molar-refractivity contribution in [1.29, 1.82) is 0 Å². The first-order valence-electron chi connectivity index (χ1n) is 6.23. The molecule has 0 spiro atoms. The Bertz CT molecular complexity index is 592. The SMILES string of the molecule is NNC(Cc1ccccc1Cl)Cc1cc(F)ccc1Br. The molecular weight excluding hydrogens is 343 g/mol. The van der Waals surface area contributed by atoms with E-state index in [9.17, 15) is 4.39 Å². The summed E-state index contributed by atoms with van der Waals surface area (Å²) >= 11 is 9.57. The zero-order chi connectivity index (χ0) is 14.5. The average molecular weight is 358 g/mol. The summed E-state index contributed by atoms with van der Waals surface area (Å²) in [7, 11) is 0. The maximum absolute atomic E-state index is 13.3. The molecule has 106 valence electrons. The summed E-state index contributed by atoms with van der Waals surface area (Å²) in [4.78, 5) is 0. The van der Waals surface area contributed by atoms with E-state index >= 15 is 0 Å². The van der Waals surface area contributed by atoms with Gasteiger partial charge in [-0.25, -0.2) is 4.39 Å². The Morgan fingerprint density at radius 1 is 1.15 bits per heavy atom. The van der Waals surface area contributed by atoms with Gasteiger partial charge in [-0.05, 0) is 48.2 Å². The fraction of sp³-hybridized carbons (Fsp3) is 0.200. The van der Waals surface area contributed by atoms with Gasteiger partial charge in [0.25, 0.3) is 0 Å². The lowest BCUT2D eigenvalue weighted by Gasteiger charge is -2.17. The van der Waals surface area contributed by atoms with Crippen molar-refractivity contribution in [3.63, 3.8) is 0 Å². The standard InChI is InChI=1S/C15H15BrClFN2/c16-14-6-5-12(18)7-11(14)9-13(20-19)8-10-3-1-2-4-15(10)17/h1-7,13,20H,8-9,19H2. The van der Waals surface area contributed by atoms with Crippen molar-refractivity contribution in [3.8, 4) is 0 Å². The van der Waals surface area contributed by atoms with E-state index in [1.165, 1.54) is 12.1 Å². The number of hydrazine groups is 1. The highest BCUT2D eigenvalue weighted by Crippen LogP contribution is 2.22. The van der Waals surface area contributed by atoms with Gasteiger partial charge < -0.3 is 0 Å². The second kappa shape index (κ2) is 7.18. The molecule has 5 heteroatoms. The second-order valence-electron chi connectivity index (χ2n) is 4.60. The molecular formula is C15H15BrClFN2. The minimum Gasteiger partial charge on any atom is -0.271 e. The summed E-state index contributed by atoms with van der Waals surface area (Å²) in [6.07, 6.45) is 1.29. The quantitative estimate of drug-likeness (QED) is 0.630. The summed E-state index contributed by atoms with van der Waals surface area (Å²) in [6, 6.07) is 12.3. The minimum absolute atomic E-state index is 0.0204. The number of hydrogen-bond donors (Lipinski definition) is 2. The molecule has 0 fully saturated rings. The van der Waals surface area contributed by atoms with Gasteiger partial charge in [0.05, 0.1) is 0 Å². The van der Waals surface area contributed by atoms with E-state index in [-0.39, 0.29) is 11.9 Å². The first kappa shape index (κ1) is 15.4. The molecule has 0 amide bonds. The van der Waals surface area contributed by atoms with E-state index < -0.39 is 0 Å². The van der Waals surface area contributed by atoms with Crippen molar-refractivity contribution in [2.45, 2.75) is 18.9 Å². The molecule has 0 aliphatic carbocycles. The number of hydrogen-bond acceptors (Lipinski definition) is 2. The van der Waals surface area contributed by atoms with Gasteiger partial charge in [0.1, 0.15) is 5.82 Å². The van der Waals surface area contributed by atoms with E-state index in [0.717, 1.165) is 15.6 Å². The zero-order valence-electron chi connectivity index (χ0n) is 10.7. The lowest BCUT2D eigenvalue weighted by atomic mass is 9.99. The van der Waals surface area contributed by atoms with Gasteiger partial charge in [-0.1, -0.05) is 45.7 Å². The highest BCUT2D eigenvalue weighted by Gasteiger charge is 2.13. The van der Waals surface area contributed by atoms with Crippen LogP contribution in [0.15, 0.2) is 46.9 Å². The normalized spacial score (nSPS) is 12.4. The predicted octanol–water partition coefficient (Wildman–Crippen LogP) is 3.86. The monoisotopic (exact) mass is 356 g/mol. The Balaban J connectivity index is 2.13. The van der Waals surface area contributed by atoms with Crippen LogP contribution in [0.5, 0.6) is 0 Å². The fourth-order valence-corrected chi connectivity index (χ4v) is 2.71. The molecule has 0 heterocycles. The molecule has 0 radical (unpaired) electrons. The Morgan fingerprint density at radius 3 is 2.55 bits per heavy atom. The number of benzene rings is 2. The largest absolute Gasteiger partial charge is 0.271 e. The highest BCUT2D eigenvalue weighted by molar-refractivity contribution is 9.10. The first-order chi connectivity index (χ1) is 9.60. The molecule has 0 aliphatic rings.